The normalized spacial score (nSPS) is 18.8. The molecule has 2 heteroatoms. The third kappa shape index (κ3) is 2.49. The van der Waals surface area contributed by atoms with E-state index in [2.05, 4.69) is 72.6 Å². The maximum Gasteiger partial charge on any atom is 0.0456 e. The van der Waals surface area contributed by atoms with Crippen LogP contribution < -0.4 is 10.2 Å². The Kier molecular flexibility index (Phi) is 3.26. The van der Waals surface area contributed by atoms with Gasteiger partial charge in [0.05, 0.1) is 0 Å². The summed E-state index contributed by atoms with van der Waals surface area (Å²) in [5.74, 6) is 0. The lowest BCUT2D eigenvalue weighted by Gasteiger charge is -2.26. The lowest BCUT2D eigenvalue weighted by atomic mass is 10.1. The van der Waals surface area contributed by atoms with E-state index in [4.69, 9.17) is 0 Å². The predicted molar refractivity (Wildman–Crippen MR) is 80.9 cm³/mol. The van der Waals surface area contributed by atoms with E-state index in [1.165, 1.54) is 22.5 Å². The van der Waals surface area contributed by atoms with Crippen LogP contribution in [-0.2, 0) is 6.54 Å². The number of nitrogens with one attached hydrogen (secondary N) is 1. The minimum Gasteiger partial charge on any atom is -0.340 e. The first-order chi connectivity index (χ1) is 9.24. The molecule has 1 aliphatic rings. The van der Waals surface area contributed by atoms with Crippen molar-refractivity contribution in [2.75, 3.05) is 11.4 Å². The van der Waals surface area contributed by atoms with Gasteiger partial charge in [-0.05, 0) is 37.6 Å². The van der Waals surface area contributed by atoms with Crippen molar-refractivity contribution in [3.05, 3.63) is 59.7 Å². The first-order valence-electron chi connectivity index (χ1n) is 6.89. The number of hydrogen-bond acceptors (Lipinski definition) is 2. The lowest BCUT2D eigenvalue weighted by Crippen LogP contribution is -2.33. The number of nitrogens with zero attached hydrogens (tertiary/aromatic N) is 1. The monoisotopic (exact) mass is 252 g/mol. The van der Waals surface area contributed by atoms with Crippen molar-refractivity contribution in [1.29, 1.82) is 0 Å². The Bertz CT molecular complexity index is 560. The second kappa shape index (κ2) is 5.06. The molecule has 0 aliphatic carbocycles. The number of benzene rings is 2. The maximum absolute atomic E-state index is 3.57. The van der Waals surface area contributed by atoms with E-state index in [1.54, 1.807) is 0 Å². The Morgan fingerprint density at radius 2 is 1.79 bits per heavy atom. The third-order valence-corrected chi connectivity index (χ3v) is 3.73. The number of hydrogen-bond donors (Lipinski definition) is 1. The van der Waals surface area contributed by atoms with Crippen LogP contribution in [0, 0.1) is 6.92 Å². The fourth-order valence-corrected chi connectivity index (χ4v) is 2.61. The van der Waals surface area contributed by atoms with Crippen molar-refractivity contribution in [3.8, 4) is 0 Å². The molecule has 0 amide bonds. The second-order valence-electron chi connectivity index (χ2n) is 5.36. The second-order valence-corrected chi connectivity index (χ2v) is 5.36. The van der Waals surface area contributed by atoms with Crippen LogP contribution in [-0.4, -0.2) is 12.6 Å². The highest BCUT2D eigenvalue weighted by Gasteiger charge is 2.19. The van der Waals surface area contributed by atoms with Crippen LogP contribution in [0.1, 0.15) is 18.1 Å². The smallest absolute Gasteiger partial charge is 0.0456 e. The Balaban J connectivity index is 2.05. The number of anilines is 2. The van der Waals surface area contributed by atoms with Gasteiger partial charge in [-0.2, -0.15) is 0 Å². The summed E-state index contributed by atoms with van der Waals surface area (Å²) in [4.78, 5) is 2.42. The zero-order chi connectivity index (χ0) is 13.2. The Morgan fingerprint density at radius 3 is 2.58 bits per heavy atom. The summed E-state index contributed by atoms with van der Waals surface area (Å²) in [5.41, 5.74) is 5.27. The molecule has 2 nitrogen and oxygen atoms in total. The maximum atomic E-state index is 3.57. The van der Waals surface area contributed by atoms with Crippen LogP contribution in [0.5, 0.6) is 0 Å². The highest BCUT2D eigenvalue weighted by Crippen LogP contribution is 2.30. The van der Waals surface area contributed by atoms with Gasteiger partial charge in [0.15, 0.2) is 0 Å². The molecule has 0 fully saturated rings. The average Bonchev–Trinajstić information content (AvgIpc) is 2.60. The number of aryl methyl sites for hydroxylation is 1. The van der Waals surface area contributed by atoms with E-state index in [1.807, 2.05) is 0 Å². The zero-order valence-corrected chi connectivity index (χ0v) is 11.6. The van der Waals surface area contributed by atoms with E-state index in [-0.39, 0.29) is 0 Å². The SMILES string of the molecule is Cc1ccc(N2CC(C)NCc3ccccc32)cc1. The van der Waals surface area contributed by atoms with E-state index < -0.39 is 0 Å². The van der Waals surface area contributed by atoms with Gasteiger partial charge in [-0.15, -0.1) is 0 Å². The molecule has 2 aromatic carbocycles. The molecule has 2 aromatic rings. The summed E-state index contributed by atoms with van der Waals surface area (Å²) in [6.45, 7) is 6.32. The first-order valence-corrected chi connectivity index (χ1v) is 6.89. The highest BCUT2D eigenvalue weighted by molar-refractivity contribution is 5.67. The fourth-order valence-electron chi connectivity index (χ4n) is 2.61. The molecule has 1 unspecified atom stereocenters. The van der Waals surface area contributed by atoms with Crippen molar-refractivity contribution >= 4 is 11.4 Å². The first kappa shape index (κ1) is 12.2. The Morgan fingerprint density at radius 1 is 1.05 bits per heavy atom. The van der Waals surface area contributed by atoms with Crippen LogP contribution in [0.25, 0.3) is 0 Å². The Hall–Kier alpha value is -1.80. The summed E-state index contributed by atoms with van der Waals surface area (Å²) in [6.07, 6.45) is 0. The minimum absolute atomic E-state index is 0.480. The minimum atomic E-state index is 0.480. The van der Waals surface area contributed by atoms with Gasteiger partial charge in [-0.3, -0.25) is 0 Å². The zero-order valence-electron chi connectivity index (χ0n) is 11.6. The van der Waals surface area contributed by atoms with Gasteiger partial charge in [0.1, 0.15) is 0 Å². The molecule has 0 radical (unpaired) electrons. The van der Waals surface area contributed by atoms with Crippen LogP contribution in [0.3, 0.4) is 0 Å². The molecule has 0 aromatic heterocycles. The number of para-hydroxylation sites is 1. The topological polar surface area (TPSA) is 15.3 Å². The van der Waals surface area contributed by atoms with Crippen molar-refractivity contribution in [2.45, 2.75) is 26.4 Å². The molecule has 19 heavy (non-hydrogen) atoms. The summed E-state index contributed by atoms with van der Waals surface area (Å²) >= 11 is 0. The molecule has 1 N–H and O–H groups in total. The van der Waals surface area contributed by atoms with Gasteiger partial charge in [0.25, 0.3) is 0 Å². The van der Waals surface area contributed by atoms with Gasteiger partial charge in [0.2, 0.25) is 0 Å². The van der Waals surface area contributed by atoms with Gasteiger partial charge in [-0.25, -0.2) is 0 Å². The molecular weight excluding hydrogens is 232 g/mol. The Labute approximate surface area is 115 Å². The summed E-state index contributed by atoms with van der Waals surface area (Å²) in [6, 6.07) is 17.9. The van der Waals surface area contributed by atoms with E-state index in [0.29, 0.717) is 6.04 Å². The van der Waals surface area contributed by atoms with Crippen LogP contribution in [0.4, 0.5) is 11.4 Å². The number of rotatable bonds is 1. The molecule has 0 spiro atoms. The van der Waals surface area contributed by atoms with Gasteiger partial charge in [0, 0.05) is 30.5 Å². The highest BCUT2D eigenvalue weighted by atomic mass is 15.2. The average molecular weight is 252 g/mol. The van der Waals surface area contributed by atoms with E-state index >= 15 is 0 Å². The van der Waals surface area contributed by atoms with Crippen LogP contribution in [0.2, 0.25) is 0 Å². The standard InChI is InChI=1S/C17H20N2/c1-13-7-9-16(10-8-13)19-12-14(2)18-11-15-5-3-4-6-17(15)19/h3-10,14,18H,11-12H2,1-2H3. The molecule has 0 saturated carbocycles. The quantitative estimate of drug-likeness (QED) is 0.834. The summed E-state index contributed by atoms with van der Waals surface area (Å²) in [5, 5.41) is 3.57. The van der Waals surface area contributed by atoms with E-state index in [9.17, 15) is 0 Å². The molecule has 3 rings (SSSR count). The van der Waals surface area contributed by atoms with Crippen molar-refractivity contribution < 1.29 is 0 Å². The molecule has 1 atom stereocenters. The van der Waals surface area contributed by atoms with Crippen LogP contribution in [0.15, 0.2) is 48.5 Å². The molecule has 1 heterocycles. The van der Waals surface area contributed by atoms with Crippen LogP contribution >= 0.6 is 0 Å². The van der Waals surface area contributed by atoms with Gasteiger partial charge >= 0.3 is 0 Å². The predicted octanol–water partition coefficient (Wildman–Crippen LogP) is 3.62. The van der Waals surface area contributed by atoms with Crippen molar-refractivity contribution in [1.82, 2.24) is 5.32 Å². The van der Waals surface area contributed by atoms with Crippen molar-refractivity contribution in [3.63, 3.8) is 0 Å². The molecule has 98 valence electrons. The largest absolute Gasteiger partial charge is 0.340 e. The number of fused-ring (bicyclic) bond motifs is 1. The fraction of sp³-hybridized carbons (Fsp3) is 0.294. The van der Waals surface area contributed by atoms with Gasteiger partial charge in [-0.1, -0.05) is 35.9 Å². The van der Waals surface area contributed by atoms with E-state index in [0.717, 1.165) is 13.1 Å². The van der Waals surface area contributed by atoms with Gasteiger partial charge < -0.3 is 10.2 Å². The molecule has 1 aliphatic heterocycles. The molecule has 0 bridgehead atoms. The lowest BCUT2D eigenvalue weighted by molar-refractivity contribution is 0.568. The summed E-state index contributed by atoms with van der Waals surface area (Å²) < 4.78 is 0. The molecular formula is C17H20N2. The summed E-state index contributed by atoms with van der Waals surface area (Å²) in [7, 11) is 0. The third-order valence-electron chi connectivity index (χ3n) is 3.73. The molecule has 0 saturated heterocycles. The van der Waals surface area contributed by atoms with Crippen molar-refractivity contribution in [2.24, 2.45) is 0 Å².